The Balaban J connectivity index is 1.54. The topological polar surface area (TPSA) is 55.9 Å². The quantitative estimate of drug-likeness (QED) is 0.315. The molecule has 3 aromatic rings. The van der Waals surface area contributed by atoms with Gasteiger partial charge in [0.2, 0.25) is 5.91 Å². The van der Waals surface area contributed by atoms with Gasteiger partial charge in [0.05, 0.1) is 33.2 Å². The summed E-state index contributed by atoms with van der Waals surface area (Å²) in [5.41, 5.74) is 4.23. The van der Waals surface area contributed by atoms with Crippen LogP contribution in [0.1, 0.15) is 34.8 Å². The highest BCUT2D eigenvalue weighted by molar-refractivity contribution is 6.42. The van der Waals surface area contributed by atoms with Gasteiger partial charge in [0.1, 0.15) is 0 Å². The fourth-order valence-corrected chi connectivity index (χ4v) is 5.43. The zero-order valence-electron chi connectivity index (χ0n) is 22.4. The Morgan fingerprint density at radius 1 is 0.872 bits per heavy atom. The van der Waals surface area contributed by atoms with Crippen molar-refractivity contribution in [1.29, 1.82) is 0 Å². The fourth-order valence-electron chi connectivity index (χ4n) is 4.87. The molecule has 4 rings (SSSR count). The number of hydrogen-bond acceptors (Lipinski definition) is 4. The van der Waals surface area contributed by atoms with Crippen molar-refractivity contribution in [1.82, 2.24) is 15.1 Å². The minimum absolute atomic E-state index is 0.00779. The first-order chi connectivity index (χ1) is 18.7. The van der Waals surface area contributed by atoms with E-state index < -0.39 is 0 Å². The summed E-state index contributed by atoms with van der Waals surface area (Å²) in [5, 5.41) is 3.94. The van der Waals surface area contributed by atoms with Crippen LogP contribution < -0.4 is 10.2 Å². The van der Waals surface area contributed by atoms with Gasteiger partial charge in [-0.05, 0) is 73.0 Å². The maximum Gasteiger partial charge on any atom is 0.252 e. The lowest BCUT2D eigenvalue weighted by molar-refractivity contribution is -0.131. The Morgan fingerprint density at radius 2 is 1.54 bits per heavy atom. The van der Waals surface area contributed by atoms with Crippen LogP contribution in [0.3, 0.4) is 0 Å². The Morgan fingerprint density at radius 3 is 2.15 bits per heavy atom. The largest absolute Gasteiger partial charge is 0.365 e. The third kappa shape index (κ3) is 7.06. The number of nitrogens with one attached hydrogen (secondary N) is 1. The monoisotopic (exact) mass is 586 g/mol. The first kappa shape index (κ1) is 29.2. The molecule has 206 valence electrons. The van der Waals surface area contributed by atoms with E-state index in [4.69, 9.17) is 34.8 Å². The molecule has 1 N–H and O–H groups in total. The number of amides is 2. The van der Waals surface area contributed by atoms with Crippen molar-refractivity contribution in [3.8, 4) is 11.1 Å². The van der Waals surface area contributed by atoms with Crippen LogP contribution in [0.2, 0.25) is 15.1 Å². The van der Waals surface area contributed by atoms with Crippen LogP contribution in [0.25, 0.3) is 11.1 Å². The van der Waals surface area contributed by atoms with Crippen LogP contribution in [0.4, 0.5) is 5.69 Å². The molecule has 0 aromatic heterocycles. The summed E-state index contributed by atoms with van der Waals surface area (Å²) in [5.74, 6) is -0.211. The summed E-state index contributed by atoms with van der Waals surface area (Å²) >= 11 is 18.6. The maximum absolute atomic E-state index is 13.5. The standard InChI is InChI=1S/C30H33Cl3N4O2/c1-34-30(39)24-12-10-22(16-26(24)32)20-6-8-21(9-7-20)28(18-37-14-4-5-15-37)36(3)29(38)19-35(2)23-11-13-25(31)27(33)17-23/h6-13,16-17,28H,4-5,14-15,18-19H2,1-3H3,(H,34,39). The lowest BCUT2D eigenvalue weighted by atomic mass is 9.98. The number of benzene rings is 3. The summed E-state index contributed by atoms with van der Waals surface area (Å²) in [7, 11) is 5.32. The zero-order valence-corrected chi connectivity index (χ0v) is 24.7. The molecule has 1 unspecified atom stereocenters. The van der Waals surface area contributed by atoms with Crippen LogP contribution >= 0.6 is 34.8 Å². The fraction of sp³-hybridized carbons (Fsp3) is 0.333. The molecule has 1 fully saturated rings. The number of rotatable bonds is 9. The minimum Gasteiger partial charge on any atom is -0.365 e. The van der Waals surface area contributed by atoms with Gasteiger partial charge in [-0.15, -0.1) is 0 Å². The van der Waals surface area contributed by atoms with Crippen LogP contribution in [0, 0.1) is 0 Å². The third-order valence-corrected chi connectivity index (χ3v) is 8.33. The molecule has 0 spiro atoms. The second kappa shape index (κ2) is 13.1. The molecule has 1 saturated heterocycles. The van der Waals surface area contributed by atoms with Crippen molar-refractivity contribution >= 4 is 52.3 Å². The summed E-state index contributed by atoms with van der Waals surface area (Å²) in [6.45, 7) is 3.05. The average molecular weight is 588 g/mol. The molecule has 1 atom stereocenters. The smallest absolute Gasteiger partial charge is 0.252 e. The number of hydrogen-bond donors (Lipinski definition) is 1. The molecule has 1 aliphatic heterocycles. The van der Waals surface area contributed by atoms with Gasteiger partial charge >= 0.3 is 0 Å². The van der Waals surface area contributed by atoms with E-state index >= 15 is 0 Å². The first-order valence-corrected chi connectivity index (χ1v) is 14.1. The van der Waals surface area contributed by atoms with Crippen molar-refractivity contribution < 1.29 is 9.59 Å². The van der Waals surface area contributed by atoms with Crippen molar-refractivity contribution in [2.75, 3.05) is 52.2 Å². The SMILES string of the molecule is CNC(=O)c1ccc(-c2ccc(C(CN3CCCC3)N(C)C(=O)CN(C)c3ccc(Cl)c(Cl)c3)cc2)cc1Cl. The predicted molar refractivity (Wildman–Crippen MR) is 161 cm³/mol. The Bertz CT molecular complexity index is 1330. The van der Waals surface area contributed by atoms with Crippen molar-refractivity contribution in [2.24, 2.45) is 0 Å². The maximum atomic E-state index is 13.5. The number of likely N-dealkylation sites (tertiary alicyclic amines) is 1. The molecule has 0 radical (unpaired) electrons. The van der Waals surface area contributed by atoms with Crippen molar-refractivity contribution in [3.63, 3.8) is 0 Å². The molecule has 1 aliphatic rings. The normalized spacial score (nSPS) is 14.2. The Labute approximate surface area is 245 Å². The van der Waals surface area contributed by atoms with Gasteiger partial charge in [-0.3, -0.25) is 9.59 Å². The number of carbonyl (C=O) groups is 2. The highest BCUT2D eigenvalue weighted by Crippen LogP contribution is 2.30. The van der Waals surface area contributed by atoms with Gasteiger partial charge in [-0.1, -0.05) is 65.1 Å². The van der Waals surface area contributed by atoms with Crippen LogP contribution in [-0.4, -0.2) is 68.9 Å². The van der Waals surface area contributed by atoms with Crippen LogP contribution in [0.15, 0.2) is 60.7 Å². The second-order valence-corrected chi connectivity index (χ2v) is 11.1. The first-order valence-electron chi connectivity index (χ1n) is 12.9. The number of carbonyl (C=O) groups excluding carboxylic acids is 2. The van der Waals surface area contributed by atoms with Crippen LogP contribution in [-0.2, 0) is 4.79 Å². The third-order valence-electron chi connectivity index (χ3n) is 7.28. The highest BCUT2D eigenvalue weighted by atomic mass is 35.5. The summed E-state index contributed by atoms with van der Waals surface area (Å²) in [6.07, 6.45) is 2.35. The molecule has 39 heavy (non-hydrogen) atoms. The van der Waals surface area contributed by atoms with Gasteiger partial charge in [0.15, 0.2) is 0 Å². The number of likely N-dealkylation sites (N-methyl/N-ethyl adjacent to an activating group) is 2. The molecular weight excluding hydrogens is 555 g/mol. The molecule has 9 heteroatoms. The van der Waals surface area contributed by atoms with E-state index in [0.717, 1.165) is 42.0 Å². The van der Waals surface area contributed by atoms with Gasteiger partial charge in [-0.2, -0.15) is 0 Å². The Kier molecular flexibility index (Phi) is 9.78. The molecule has 6 nitrogen and oxygen atoms in total. The lowest BCUT2D eigenvalue weighted by Crippen LogP contribution is -2.42. The molecule has 0 saturated carbocycles. The van der Waals surface area contributed by atoms with Gasteiger partial charge < -0.3 is 20.0 Å². The molecule has 0 bridgehead atoms. The summed E-state index contributed by atoms with van der Waals surface area (Å²) < 4.78 is 0. The molecule has 0 aliphatic carbocycles. The lowest BCUT2D eigenvalue weighted by Gasteiger charge is -2.33. The van der Waals surface area contributed by atoms with Crippen molar-refractivity contribution in [3.05, 3.63) is 86.9 Å². The predicted octanol–water partition coefficient (Wildman–Crippen LogP) is 6.41. The number of halogens is 3. The van der Waals surface area contributed by atoms with E-state index in [1.807, 2.05) is 48.2 Å². The van der Waals surface area contributed by atoms with Gasteiger partial charge in [0, 0.05) is 33.4 Å². The zero-order chi connectivity index (χ0) is 28.1. The van der Waals surface area contributed by atoms with E-state index in [-0.39, 0.29) is 24.4 Å². The summed E-state index contributed by atoms with van der Waals surface area (Å²) in [6, 6.07) is 18.9. The molecule has 3 aromatic carbocycles. The van der Waals surface area contributed by atoms with E-state index in [1.54, 1.807) is 31.3 Å². The van der Waals surface area contributed by atoms with E-state index in [1.165, 1.54) is 12.8 Å². The minimum atomic E-state index is -0.218. The number of anilines is 1. The van der Waals surface area contributed by atoms with E-state index in [2.05, 4.69) is 22.3 Å². The Hall–Kier alpha value is -2.77. The average Bonchev–Trinajstić information content (AvgIpc) is 3.46. The van der Waals surface area contributed by atoms with E-state index in [9.17, 15) is 9.59 Å². The molecular formula is C30H33Cl3N4O2. The van der Waals surface area contributed by atoms with E-state index in [0.29, 0.717) is 20.6 Å². The summed E-state index contributed by atoms with van der Waals surface area (Å²) in [4.78, 5) is 31.6. The van der Waals surface area contributed by atoms with Gasteiger partial charge in [-0.25, -0.2) is 0 Å². The number of nitrogens with zero attached hydrogens (tertiary/aromatic N) is 3. The van der Waals surface area contributed by atoms with Gasteiger partial charge in [0.25, 0.3) is 5.91 Å². The van der Waals surface area contributed by atoms with Crippen LogP contribution in [0.5, 0.6) is 0 Å². The van der Waals surface area contributed by atoms with Crippen molar-refractivity contribution in [2.45, 2.75) is 18.9 Å². The highest BCUT2D eigenvalue weighted by Gasteiger charge is 2.26. The molecule has 1 heterocycles. The molecule has 2 amide bonds. The second-order valence-electron chi connectivity index (χ2n) is 9.88.